The molecule has 0 heterocycles. The molecular weight excluding hydrogens is 588 g/mol. The highest BCUT2D eigenvalue weighted by atomic mass is 16.5. The Labute approximate surface area is 278 Å². The molecule has 6 nitrogen and oxygen atoms in total. The Balaban J connectivity index is 1.09. The van der Waals surface area contributed by atoms with E-state index in [4.69, 9.17) is 18.9 Å². The van der Waals surface area contributed by atoms with Crippen LogP contribution in [0.15, 0.2) is 122 Å². The van der Waals surface area contributed by atoms with Crippen LogP contribution < -0.4 is 9.47 Å². The summed E-state index contributed by atoms with van der Waals surface area (Å²) in [6, 6.07) is 30.6. The van der Waals surface area contributed by atoms with E-state index < -0.39 is 0 Å². The van der Waals surface area contributed by atoms with E-state index in [1.807, 2.05) is 84.9 Å². The topological polar surface area (TPSA) is 71.1 Å². The molecule has 6 heteroatoms. The van der Waals surface area contributed by atoms with Gasteiger partial charge in [0.1, 0.15) is 11.5 Å². The predicted octanol–water partition coefficient (Wildman–Crippen LogP) is 9.89. The Morgan fingerprint density at radius 1 is 0.447 bits per heavy atom. The third kappa shape index (κ3) is 11.6. The van der Waals surface area contributed by atoms with Gasteiger partial charge in [-0.3, -0.25) is 0 Å². The first-order chi connectivity index (χ1) is 23.1. The number of rotatable bonds is 20. The maximum Gasteiger partial charge on any atom is 0.338 e. The van der Waals surface area contributed by atoms with Crippen LogP contribution in [0.5, 0.6) is 11.5 Å². The summed E-state index contributed by atoms with van der Waals surface area (Å²) in [6.45, 7) is 9.40. The Morgan fingerprint density at radius 2 is 0.787 bits per heavy atom. The molecule has 0 fully saturated rings. The van der Waals surface area contributed by atoms with Crippen molar-refractivity contribution in [1.82, 2.24) is 0 Å². The first-order valence-corrected chi connectivity index (χ1v) is 16.3. The van der Waals surface area contributed by atoms with Gasteiger partial charge in [0.25, 0.3) is 0 Å². The Hall–Kier alpha value is -5.10. The monoisotopic (exact) mass is 632 g/mol. The number of hydrogen-bond acceptors (Lipinski definition) is 6. The second kappa shape index (κ2) is 19.4. The van der Waals surface area contributed by atoms with Gasteiger partial charge in [0.15, 0.2) is 0 Å². The minimum atomic E-state index is -0.349. The zero-order chi connectivity index (χ0) is 33.1. The summed E-state index contributed by atoms with van der Waals surface area (Å²) < 4.78 is 22.4. The van der Waals surface area contributed by atoms with Crippen molar-refractivity contribution in [2.45, 2.75) is 44.9 Å². The maximum atomic E-state index is 12.5. The fraction of sp³-hybridized carbons (Fsp3) is 0.268. The molecule has 0 aliphatic carbocycles. The molecule has 47 heavy (non-hydrogen) atoms. The standard InChI is InChI=1S/C41H44O6/c1-3-5-8-28-44-38-24-20-34(21-25-38)32-12-16-36(17-13-32)40(42)46-30-10-7-11-31-47-41(43)37-18-14-33(15-19-37)35-22-26-39(27-23-35)45-29-9-6-4-2/h3-4,12-27H,1-2,5-11,28-31H2. The van der Waals surface area contributed by atoms with Crippen LogP contribution in [0.25, 0.3) is 22.3 Å². The van der Waals surface area contributed by atoms with Crippen LogP contribution in [-0.4, -0.2) is 38.4 Å². The van der Waals surface area contributed by atoms with Crippen LogP contribution >= 0.6 is 0 Å². The first-order valence-electron chi connectivity index (χ1n) is 16.3. The van der Waals surface area contributed by atoms with Crippen LogP contribution in [0.2, 0.25) is 0 Å². The number of unbranched alkanes of at least 4 members (excludes halogenated alkanes) is 4. The van der Waals surface area contributed by atoms with Crippen LogP contribution in [0.3, 0.4) is 0 Å². The van der Waals surface area contributed by atoms with Gasteiger partial charge in [0.05, 0.1) is 37.6 Å². The molecule has 0 spiro atoms. The lowest BCUT2D eigenvalue weighted by Crippen LogP contribution is -2.08. The third-order valence-corrected chi connectivity index (χ3v) is 7.51. The molecule has 4 aromatic rings. The van der Waals surface area contributed by atoms with E-state index in [-0.39, 0.29) is 11.9 Å². The fourth-order valence-electron chi connectivity index (χ4n) is 4.80. The summed E-state index contributed by atoms with van der Waals surface area (Å²) in [5.74, 6) is 0.972. The molecule has 4 rings (SSSR count). The van der Waals surface area contributed by atoms with Crippen LogP contribution in [-0.2, 0) is 9.47 Å². The Bertz CT molecular complexity index is 1420. The Kier molecular flexibility index (Phi) is 14.4. The van der Waals surface area contributed by atoms with Crippen LogP contribution in [0.4, 0.5) is 0 Å². The highest BCUT2D eigenvalue weighted by Gasteiger charge is 2.10. The molecule has 244 valence electrons. The SMILES string of the molecule is C=CCCCOc1ccc(-c2ccc(C(=O)OCCCCCOC(=O)c3ccc(-c4ccc(OCCCC=C)cc4)cc3)cc2)cc1. The molecule has 0 aliphatic heterocycles. The molecule has 0 aromatic heterocycles. The molecule has 0 radical (unpaired) electrons. The average molecular weight is 633 g/mol. The molecule has 0 bridgehead atoms. The van der Waals surface area contributed by atoms with Gasteiger partial charge in [-0.2, -0.15) is 0 Å². The highest BCUT2D eigenvalue weighted by Crippen LogP contribution is 2.25. The van der Waals surface area contributed by atoms with E-state index >= 15 is 0 Å². The minimum absolute atomic E-state index is 0.312. The van der Waals surface area contributed by atoms with Crippen molar-refractivity contribution in [2.24, 2.45) is 0 Å². The lowest BCUT2D eigenvalue weighted by atomic mass is 10.0. The van der Waals surface area contributed by atoms with Gasteiger partial charge in [0.2, 0.25) is 0 Å². The normalized spacial score (nSPS) is 10.6. The Morgan fingerprint density at radius 3 is 1.13 bits per heavy atom. The van der Waals surface area contributed by atoms with Crippen molar-refractivity contribution in [3.8, 4) is 33.8 Å². The van der Waals surface area contributed by atoms with Crippen molar-refractivity contribution < 1.29 is 28.5 Å². The fourth-order valence-corrected chi connectivity index (χ4v) is 4.80. The van der Waals surface area contributed by atoms with Crippen LogP contribution in [0, 0.1) is 0 Å². The third-order valence-electron chi connectivity index (χ3n) is 7.51. The van der Waals surface area contributed by atoms with Crippen LogP contribution in [0.1, 0.15) is 65.7 Å². The largest absolute Gasteiger partial charge is 0.494 e. The molecule has 0 unspecified atom stereocenters. The molecule has 0 atom stereocenters. The maximum absolute atomic E-state index is 12.5. The minimum Gasteiger partial charge on any atom is -0.494 e. The van der Waals surface area contributed by atoms with Gasteiger partial charge in [-0.05, 0) is 116 Å². The van der Waals surface area contributed by atoms with E-state index in [0.717, 1.165) is 65.9 Å². The second-order valence-electron chi connectivity index (χ2n) is 11.1. The smallest absolute Gasteiger partial charge is 0.338 e. The summed E-state index contributed by atoms with van der Waals surface area (Å²) in [5, 5.41) is 0. The highest BCUT2D eigenvalue weighted by molar-refractivity contribution is 5.90. The number of hydrogen-bond donors (Lipinski definition) is 0. The van der Waals surface area contributed by atoms with Crippen molar-refractivity contribution in [2.75, 3.05) is 26.4 Å². The molecule has 4 aromatic carbocycles. The van der Waals surface area contributed by atoms with E-state index in [1.165, 1.54) is 0 Å². The predicted molar refractivity (Wildman–Crippen MR) is 188 cm³/mol. The number of ether oxygens (including phenoxy) is 4. The molecule has 0 saturated heterocycles. The van der Waals surface area contributed by atoms with Crippen molar-refractivity contribution in [1.29, 1.82) is 0 Å². The number of esters is 2. The summed E-state index contributed by atoms with van der Waals surface area (Å²) in [4.78, 5) is 25.0. The molecular formula is C41H44O6. The zero-order valence-electron chi connectivity index (χ0n) is 27.0. The number of benzene rings is 4. The van der Waals surface area contributed by atoms with Gasteiger partial charge in [0, 0.05) is 0 Å². The van der Waals surface area contributed by atoms with Gasteiger partial charge in [-0.25, -0.2) is 9.59 Å². The van der Waals surface area contributed by atoms with Crippen molar-refractivity contribution in [3.05, 3.63) is 133 Å². The molecule has 0 aliphatic rings. The lowest BCUT2D eigenvalue weighted by Gasteiger charge is -2.09. The number of carbonyl (C=O) groups is 2. The lowest BCUT2D eigenvalue weighted by molar-refractivity contribution is 0.0478. The summed E-state index contributed by atoms with van der Waals surface area (Å²) in [7, 11) is 0. The van der Waals surface area contributed by atoms with E-state index in [2.05, 4.69) is 13.2 Å². The summed E-state index contributed by atoms with van der Waals surface area (Å²) in [5.41, 5.74) is 5.13. The molecule has 0 N–H and O–H groups in total. The van der Waals surface area contributed by atoms with Gasteiger partial charge in [-0.15, -0.1) is 13.2 Å². The molecule has 0 amide bonds. The van der Waals surface area contributed by atoms with Gasteiger partial charge in [-0.1, -0.05) is 60.7 Å². The quantitative estimate of drug-likeness (QED) is 0.0549. The van der Waals surface area contributed by atoms with E-state index in [0.29, 0.717) is 50.4 Å². The van der Waals surface area contributed by atoms with Gasteiger partial charge < -0.3 is 18.9 Å². The summed E-state index contributed by atoms with van der Waals surface area (Å²) >= 11 is 0. The number of allylic oxidation sites excluding steroid dienone is 2. The molecule has 0 saturated carbocycles. The van der Waals surface area contributed by atoms with Crippen molar-refractivity contribution in [3.63, 3.8) is 0 Å². The van der Waals surface area contributed by atoms with Gasteiger partial charge >= 0.3 is 11.9 Å². The average Bonchev–Trinajstić information content (AvgIpc) is 3.12. The van der Waals surface area contributed by atoms with E-state index in [9.17, 15) is 9.59 Å². The van der Waals surface area contributed by atoms with Crippen molar-refractivity contribution >= 4 is 11.9 Å². The van der Waals surface area contributed by atoms with E-state index in [1.54, 1.807) is 24.3 Å². The zero-order valence-corrected chi connectivity index (χ0v) is 27.0. The second-order valence-corrected chi connectivity index (χ2v) is 11.1. The first kappa shape index (κ1) is 34.8. The number of carbonyl (C=O) groups excluding carboxylic acids is 2. The summed E-state index contributed by atoms with van der Waals surface area (Å²) in [6.07, 6.45) is 9.70.